The zero-order valence-electron chi connectivity index (χ0n) is 14.4. The van der Waals surface area contributed by atoms with Crippen molar-refractivity contribution in [3.05, 3.63) is 64.7 Å². The van der Waals surface area contributed by atoms with E-state index in [1.165, 1.54) is 11.8 Å². The normalized spacial score (nSPS) is 10.2. The highest BCUT2D eigenvalue weighted by Gasteiger charge is 2.08. The van der Waals surface area contributed by atoms with Gasteiger partial charge in [-0.3, -0.25) is 9.59 Å². The first-order valence-corrected chi connectivity index (χ1v) is 9.48. The van der Waals surface area contributed by atoms with E-state index in [1.54, 1.807) is 7.11 Å². The molecule has 1 amide bonds. The number of hydrogen-bond acceptors (Lipinski definition) is 5. The van der Waals surface area contributed by atoms with Crippen LogP contribution in [-0.2, 0) is 26.6 Å². The third-order valence-corrected chi connectivity index (χ3v) is 4.77. The highest BCUT2D eigenvalue weighted by atomic mass is 35.5. The van der Waals surface area contributed by atoms with Crippen molar-refractivity contribution in [2.24, 2.45) is 0 Å². The molecule has 0 saturated heterocycles. The molecular weight excluding hydrogens is 374 g/mol. The average Bonchev–Trinajstić information content (AvgIpc) is 2.66. The molecule has 0 heterocycles. The molecule has 138 valence electrons. The lowest BCUT2D eigenvalue weighted by molar-refractivity contribution is -0.145. The number of benzene rings is 2. The van der Waals surface area contributed by atoms with E-state index in [4.69, 9.17) is 21.1 Å². The molecule has 0 atom stereocenters. The van der Waals surface area contributed by atoms with E-state index in [0.717, 1.165) is 16.9 Å². The summed E-state index contributed by atoms with van der Waals surface area (Å²) in [6, 6.07) is 14.8. The van der Waals surface area contributed by atoms with E-state index < -0.39 is 5.97 Å². The van der Waals surface area contributed by atoms with Crippen LogP contribution in [-0.4, -0.2) is 31.3 Å². The van der Waals surface area contributed by atoms with Crippen LogP contribution in [0, 0.1) is 0 Å². The predicted octanol–water partition coefficient (Wildman–Crippen LogP) is 3.44. The SMILES string of the molecule is COc1ccc(CNC(=O)COC(=O)CSCc2ccccc2Cl)cc1. The highest BCUT2D eigenvalue weighted by Crippen LogP contribution is 2.20. The fourth-order valence-electron chi connectivity index (χ4n) is 2.04. The number of carbonyl (C=O) groups excluding carboxylic acids is 2. The number of carbonyl (C=O) groups is 2. The third-order valence-electron chi connectivity index (χ3n) is 3.45. The van der Waals surface area contributed by atoms with Crippen LogP contribution in [0.3, 0.4) is 0 Å². The Morgan fingerprint density at radius 2 is 1.85 bits per heavy atom. The topological polar surface area (TPSA) is 64.6 Å². The Hall–Kier alpha value is -2.18. The van der Waals surface area contributed by atoms with Crippen LogP contribution < -0.4 is 10.1 Å². The second-order valence-electron chi connectivity index (χ2n) is 5.37. The Kier molecular flexibility index (Phi) is 8.31. The summed E-state index contributed by atoms with van der Waals surface area (Å²) in [5.41, 5.74) is 1.89. The Labute approximate surface area is 162 Å². The summed E-state index contributed by atoms with van der Waals surface area (Å²) in [6.07, 6.45) is 0. The van der Waals surface area contributed by atoms with Crippen LogP contribution in [0.4, 0.5) is 0 Å². The lowest BCUT2D eigenvalue weighted by Gasteiger charge is -2.08. The van der Waals surface area contributed by atoms with Gasteiger partial charge in [-0.15, -0.1) is 11.8 Å². The summed E-state index contributed by atoms with van der Waals surface area (Å²) >= 11 is 7.45. The lowest BCUT2D eigenvalue weighted by Crippen LogP contribution is -2.28. The molecule has 0 bridgehead atoms. The summed E-state index contributed by atoms with van der Waals surface area (Å²) in [7, 11) is 1.60. The fourth-order valence-corrected chi connectivity index (χ4v) is 3.15. The standard InChI is InChI=1S/C19H20ClNO4S/c1-24-16-8-6-14(7-9-16)10-21-18(22)11-25-19(23)13-26-12-15-4-2-3-5-17(15)20/h2-9H,10-13H2,1H3,(H,21,22). The molecule has 0 aliphatic rings. The number of esters is 1. The van der Waals surface area contributed by atoms with Gasteiger partial charge in [-0.1, -0.05) is 41.9 Å². The molecule has 26 heavy (non-hydrogen) atoms. The lowest BCUT2D eigenvalue weighted by atomic mass is 10.2. The quantitative estimate of drug-likeness (QED) is 0.661. The van der Waals surface area contributed by atoms with Crippen molar-refractivity contribution < 1.29 is 19.1 Å². The third kappa shape index (κ3) is 6.98. The van der Waals surface area contributed by atoms with Crippen LogP contribution in [0.15, 0.2) is 48.5 Å². The zero-order valence-corrected chi connectivity index (χ0v) is 15.9. The number of nitrogens with one attached hydrogen (secondary N) is 1. The molecule has 0 unspecified atom stereocenters. The summed E-state index contributed by atoms with van der Waals surface area (Å²) in [5.74, 6) is 0.755. The van der Waals surface area contributed by atoms with Gasteiger partial charge in [0.05, 0.1) is 12.9 Å². The first kappa shape index (κ1) is 20.1. The number of ether oxygens (including phenoxy) is 2. The number of rotatable bonds is 9. The Balaban J connectivity index is 1.62. The van der Waals surface area contributed by atoms with Gasteiger partial charge in [0.15, 0.2) is 6.61 Å². The van der Waals surface area contributed by atoms with Crippen LogP contribution in [0.2, 0.25) is 5.02 Å². The first-order valence-electron chi connectivity index (χ1n) is 7.95. The van der Waals surface area contributed by atoms with Crippen molar-refractivity contribution in [3.8, 4) is 5.75 Å². The van der Waals surface area contributed by atoms with Gasteiger partial charge in [-0.2, -0.15) is 0 Å². The molecule has 7 heteroatoms. The Bertz CT molecular complexity index is 737. The Morgan fingerprint density at radius 1 is 1.12 bits per heavy atom. The van der Waals surface area contributed by atoms with E-state index in [2.05, 4.69) is 5.32 Å². The average molecular weight is 394 g/mol. The van der Waals surface area contributed by atoms with E-state index in [-0.39, 0.29) is 18.3 Å². The smallest absolute Gasteiger partial charge is 0.316 e. The van der Waals surface area contributed by atoms with E-state index >= 15 is 0 Å². The first-order chi connectivity index (χ1) is 12.6. The number of hydrogen-bond donors (Lipinski definition) is 1. The molecule has 2 rings (SSSR count). The molecular formula is C19H20ClNO4S. The molecule has 0 saturated carbocycles. The molecule has 0 spiro atoms. The van der Waals surface area contributed by atoms with E-state index in [0.29, 0.717) is 17.3 Å². The highest BCUT2D eigenvalue weighted by molar-refractivity contribution is 7.99. The zero-order chi connectivity index (χ0) is 18.8. The largest absolute Gasteiger partial charge is 0.497 e. The van der Waals surface area contributed by atoms with Crippen molar-refractivity contribution in [2.75, 3.05) is 19.5 Å². The number of thioether (sulfide) groups is 1. The minimum atomic E-state index is -0.429. The van der Waals surface area contributed by atoms with Crippen LogP contribution in [0.5, 0.6) is 5.75 Å². The van der Waals surface area contributed by atoms with Gasteiger partial charge in [0, 0.05) is 17.3 Å². The van der Waals surface area contributed by atoms with E-state index in [1.807, 2.05) is 48.5 Å². The molecule has 0 aliphatic heterocycles. The van der Waals surface area contributed by atoms with E-state index in [9.17, 15) is 9.59 Å². The number of methoxy groups -OCH3 is 1. The van der Waals surface area contributed by atoms with Crippen molar-refractivity contribution in [3.63, 3.8) is 0 Å². The van der Waals surface area contributed by atoms with Gasteiger partial charge in [-0.05, 0) is 29.3 Å². The second-order valence-corrected chi connectivity index (χ2v) is 6.76. The van der Waals surface area contributed by atoms with Crippen molar-refractivity contribution >= 4 is 35.2 Å². The van der Waals surface area contributed by atoms with Gasteiger partial charge in [0.25, 0.3) is 5.91 Å². The Morgan fingerprint density at radius 3 is 2.54 bits per heavy atom. The van der Waals surface area contributed by atoms with Crippen LogP contribution in [0.25, 0.3) is 0 Å². The predicted molar refractivity (Wildman–Crippen MR) is 103 cm³/mol. The second kappa shape index (κ2) is 10.7. The van der Waals surface area contributed by atoms with Gasteiger partial charge in [0.2, 0.25) is 0 Å². The van der Waals surface area contributed by atoms with Crippen LogP contribution >= 0.6 is 23.4 Å². The van der Waals surface area contributed by atoms with Gasteiger partial charge in [-0.25, -0.2) is 0 Å². The van der Waals surface area contributed by atoms with Gasteiger partial charge in [0.1, 0.15) is 5.75 Å². The summed E-state index contributed by atoms with van der Waals surface area (Å²) in [5, 5.41) is 3.37. The van der Waals surface area contributed by atoms with Crippen LogP contribution in [0.1, 0.15) is 11.1 Å². The summed E-state index contributed by atoms with van der Waals surface area (Å²) < 4.78 is 10.0. The molecule has 0 aliphatic carbocycles. The van der Waals surface area contributed by atoms with Gasteiger partial charge >= 0.3 is 5.97 Å². The molecule has 0 radical (unpaired) electrons. The number of halogens is 1. The summed E-state index contributed by atoms with van der Waals surface area (Å²) in [6.45, 7) is 0.0727. The molecule has 2 aromatic rings. The molecule has 0 fully saturated rings. The molecule has 2 aromatic carbocycles. The molecule has 0 aromatic heterocycles. The van der Waals surface area contributed by atoms with Crippen molar-refractivity contribution in [1.29, 1.82) is 0 Å². The minimum absolute atomic E-state index is 0.164. The monoisotopic (exact) mass is 393 g/mol. The summed E-state index contributed by atoms with van der Waals surface area (Å²) in [4.78, 5) is 23.4. The van der Waals surface area contributed by atoms with Gasteiger partial charge < -0.3 is 14.8 Å². The fraction of sp³-hybridized carbons (Fsp3) is 0.263. The molecule has 5 nitrogen and oxygen atoms in total. The van der Waals surface area contributed by atoms with Crippen molar-refractivity contribution in [2.45, 2.75) is 12.3 Å². The minimum Gasteiger partial charge on any atom is -0.497 e. The maximum absolute atomic E-state index is 11.7. The maximum Gasteiger partial charge on any atom is 0.316 e. The molecule has 1 N–H and O–H groups in total. The maximum atomic E-state index is 11.7. The van der Waals surface area contributed by atoms with Crippen molar-refractivity contribution in [1.82, 2.24) is 5.32 Å². The number of amides is 1.